The molecule has 1 aromatic rings. The molecular weight excluding hydrogens is 288 g/mol. The highest BCUT2D eigenvalue weighted by molar-refractivity contribution is 6.29. The fourth-order valence-corrected chi connectivity index (χ4v) is 3.60. The molecule has 1 saturated carbocycles. The Morgan fingerprint density at radius 1 is 1.14 bits per heavy atom. The van der Waals surface area contributed by atoms with Crippen molar-refractivity contribution in [1.29, 1.82) is 0 Å². The monoisotopic (exact) mass is 310 g/mol. The summed E-state index contributed by atoms with van der Waals surface area (Å²) in [5.74, 6) is 1.17. The van der Waals surface area contributed by atoms with E-state index in [9.17, 15) is 4.79 Å². The van der Waals surface area contributed by atoms with Crippen LogP contribution in [-0.2, 0) is 0 Å². The smallest absolute Gasteiger partial charge is 0.289 e. The molecule has 0 atom stereocenters. The average molecular weight is 311 g/mol. The normalized spacial score (nSPS) is 21.7. The van der Waals surface area contributed by atoms with Gasteiger partial charge in [0.05, 0.1) is 0 Å². The van der Waals surface area contributed by atoms with Crippen LogP contribution in [0.3, 0.4) is 0 Å². The molecule has 116 valence electrons. The molecule has 21 heavy (non-hydrogen) atoms. The third-order valence-electron chi connectivity index (χ3n) is 4.68. The van der Waals surface area contributed by atoms with Crippen LogP contribution in [0.2, 0.25) is 5.22 Å². The minimum absolute atomic E-state index is 0.0424. The highest BCUT2D eigenvalue weighted by Gasteiger charge is 2.25. The van der Waals surface area contributed by atoms with Gasteiger partial charge in [0, 0.05) is 32.7 Å². The molecule has 1 saturated heterocycles. The molecule has 2 aliphatic rings. The molecule has 4 nitrogen and oxygen atoms in total. The number of furan rings is 1. The number of piperazine rings is 1. The molecule has 0 aromatic carbocycles. The van der Waals surface area contributed by atoms with E-state index in [0.717, 1.165) is 32.1 Å². The lowest BCUT2D eigenvalue weighted by atomic mass is 9.89. The Morgan fingerprint density at radius 2 is 1.86 bits per heavy atom. The lowest BCUT2D eigenvalue weighted by Gasteiger charge is -2.36. The summed E-state index contributed by atoms with van der Waals surface area (Å²) < 4.78 is 5.21. The molecule has 1 amide bonds. The van der Waals surface area contributed by atoms with Crippen molar-refractivity contribution in [2.75, 3.05) is 32.7 Å². The van der Waals surface area contributed by atoms with E-state index in [-0.39, 0.29) is 11.1 Å². The van der Waals surface area contributed by atoms with E-state index >= 15 is 0 Å². The molecule has 0 unspecified atom stereocenters. The van der Waals surface area contributed by atoms with Crippen LogP contribution in [0, 0.1) is 5.92 Å². The summed E-state index contributed by atoms with van der Waals surface area (Å²) >= 11 is 5.73. The van der Waals surface area contributed by atoms with Crippen LogP contribution in [-0.4, -0.2) is 48.4 Å². The number of carbonyl (C=O) groups excluding carboxylic acids is 1. The SMILES string of the molecule is O=C(c1ccc(Cl)o1)N1CCN(CC2CCCCC2)CC1. The topological polar surface area (TPSA) is 36.7 Å². The van der Waals surface area contributed by atoms with Crippen molar-refractivity contribution < 1.29 is 9.21 Å². The first-order valence-corrected chi connectivity index (χ1v) is 8.37. The zero-order valence-corrected chi connectivity index (χ0v) is 13.1. The first-order valence-electron chi connectivity index (χ1n) is 7.99. The van der Waals surface area contributed by atoms with Gasteiger partial charge in [-0.15, -0.1) is 0 Å². The second kappa shape index (κ2) is 6.84. The zero-order chi connectivity index (χ0) is 14.7. The number of amides is 1. The summed E-state index contributed by atoms with van der Waals surface area (Å²) in [6.45, 7) is 4.70. The van der Waals surface area contributed by atoms with Crippen LogP contribution in [0.15, 0.2) is 16.5 Å². The Labute approximate surface area is 131 Å². The van der Waals surface area contributed by atoms with Gasteiger partial charge in [-0.1, -0.05) is 19.3 Å². The van der Waals surface area contributed by atoms with Crippen molar-refractivity contribution in [3.8, 4) is 0 Å². The van der Waals surface area contributed by atoms with Gasteiger partial charge < -0.3 is 9.32 Å². The maximum Gasteiger partial charge on any atom is 0.289 e. The van der Waals surface area contributed by atoms with Crippen molar-refractivity contribution in [3.05, 3.63) is 23.1 Å². The van der Waals surface area contributed by atoms with Gasteiger partial charge in [0.25, 0.3) is 5.91 Å². The van der Waals surface area contributed by atoms with Crippen LogP contribution in [0.1, 0.15) is 42.7 Å². The molecule has 0 radical (unpaired) electrons. The summed E-state index contributed by atoms with van der Waals surface area (Å²) in [6, 6.07) is 3.27. The third kappa shape index (κ3) is 3.80. The second-order valence-electron chi connectivity index (χ2n) is 6.20. The van der Waals surface area contributed by atoms with Crippen molar-refractivity contribution in [1.82, 2.24) is 9.80 Å². The lowest BCUT2D eigenvalue weighted by molar-refractivity contribution is 0.0577. The highest BCUT2D eigenvalue weighted by Crippen LogP contribution is 2.25. The van der Waals surface area contributed by atoms with Gasteiger partial charge in [0.1, 0.15) is 0 Å². The zero-order valence-electron chi connectivity index (χ0n) is 12.4. The number of hydrogen-bond acceptors (Lipinski definition) is 3. The summed E-state index contributed by atoms with van der Waals surface area (Å²) in [5, 5.41) is 0.272. The van der Waals surface area contributed by atoms with Gasteiger partial charge in [-0.25, -0.2) is 0 Å². The molecule has 3 rings (SSSR count). The summed E-state index contributed by atoms with van der Waals surface area (Å²) in [7, 11) is 0. The Hall–Kier alpha value is -1.00. The molecular formula is C16H23ClN2O2. The van der Waals surface area contributed by atoms with Gasteiger partial charge in [-0.3, -0.25) is 9.69 Å². The highest BCUT2D eigenvalue weighted by atomic mass is 35.5. The fraction of sp³-hybridized carbons (Fsp3) is 0.688. The van der Waals surface area contributed by atoms with E-state index < -0.39 is 0 Å². The summed E-state index contributed by atoms with van der Waals surface area (Å²) in [4.78, 5) is 16.6. The maximum absolute atomic E-state index is 12.3. The second-order valence-corrected chi connectivity index (χ2v) is 6.57. The van der Waals surface area contributed by atoms with Gasteiger partial charge in [0.15, 0.2) is 11.0 Å². The van der Waals surface area contributed by atoms with Crippen LogP contribution >= 0.6 is 11.6 Å². The predicted molar refractivity (Wildman–Crippen MR) is 82.6 cm³/mol. The van der Waals surface area contributed by atoms with Crippen molar-refractivity contribution in [2.24, 2.45) is 5.92 Å². The van der Waals surface area contributed by atoms with Gasteiger partial charge in [0.2, 0.25) is 0 Å². The minimum Gasteiger partial charge on any atom is -0.440 e. The minimum atomic E-state index is -0.0424. The molecule has 5 heteroatoms. The lowest BCUT2D eigenvalue weighted by Crippen LogP contribution is -2.49. The van der Waals surface area contributed by atoms with Crippen LogP contribution in [0.25, 0.3) is 0 Å². The molecule has 1 aliphatic heterocycles. The van der Waals surface area contributed by atoms with E-state index in [1.807, 2.05) is 4.90 Å². The molecule has 2 heterocycles. The fourth-order valence-electron chi connectivity index (χ4n) is 3.45. The van der Waals surface area contributed by atoms with E-state index in [2.05, 4.69) is 4.90 Å². The van der Waals surface area contributed by atoms with E-state index in [0.29, 0.717) is 5.76 Å². The van der Waals surface area contributed by atoms with E-state index in [1.54, 1.807) is 12.1 Å². The first-order chi connectivity index (χ1) is 10.2. The van der Waals surface area contributed by atoms with E-state index in [4.69, 9.17) is 16.0 Å². The van der Waals surface area contributed by atoms with E-state index in [1.165, 1.54) is 38.6 Å². The van der Waals surface area contributed by atoms with Crippen molar-refractivity contribution >= 4 is 17.5 Å². The molecule has 1 aromatic heterocycles. The number of hydrogen-bond donors (Lipinski definition) is 0. The first kappa shape index (κ1) is 14.9. The van der Waals surface area contributed by atoms with Crippen molar-refractivity contribution in [3.63, 3.8) is 0 Å². The number of nitrogens with zero attached hydrogens (tertiary/aromatic N) is 2. The van der Waals surface area contributed by atoms with Crippen LogP contribution in [0.5, 0.6) is 0 Å². The number of carbonyl (C=O) groups is 1. The number of rotatable bonds is 3. The Morgan fingerprint density at radius 3 is 2.48 bits per heavy atom. The van der Waals surface area contributed by atoms with Crippen molar-refractivity contribution in [2.45, 2.75) is 32.1 Å². The Bertz CT molecular complexity index is 474. The van der Waals surface area contributed by atoms with Crippen LogP contribution < -0.4 is 0 Å². The summed E-state index contributed by atoms with van der Waals surface area (Å²) in [6.07, 6.45) is 6.95. The molecule has 2 fully saturated rings. The Balaban J connectivity index is 1.47. The number of halogens is 1. The molecule has 1 aliphatic carbocycles. The molecule has 0 N–H and O–H groups in total. The quantitative estimate of drug-likeness (QED) is 0.860. The van der Waals surface area contributed by atoms with Gasteiger partial charge in [-0.2, -0.15) is 0 Å². The van der Waals surface area contributed by atoms with Crippen LogP contribution in [0.4, 0.5) is 0 Å². The third-order valence-corrected chi connectivity index (χ3v) is 4.89. The molecule has 0 bridgehead atoms. The Kier molecular flexibility index (Phi) is 4.86. The summed E-state index contributed by atoms with van der Waals surface area (Å²) in [5.41, 5.74) is 0. The predicted octanol–water partition coefficient (Wildman–Crippen LogP) is 3.27. The molecule has 0 spiro atoms. The largest absolute Gasteiger partial charge is 0.440 e. The standard InChI is InChI=1S/C16H23ClN2O2/c17-15-7-6-14(21-15)16(20)19-10-8-18(9-11-19)12-13-4-2-1-3-5-13/h6-7,13H,1-5,8-12H2. The maximum atomic E-state index is 12.3. The van der Waals surface area contributed by atoms with Gasteiger partial charge >= 0.3 is 0 Å². The average Bonchev–Trinajstić information content (AvgIpc) is 2.95. The van der Waals surface area contributed by atoms with Gasteiger partial charge in [-0.05, 0) is 42.5 Å².